The van der Waals surface area contributed by atoms with Gasteiger partial charge in [0.15, 0.2) is 11.5 Å². The molecule has 9 nitrogen and oxygen atoms in total. The Labute approximate surface area is 178 Å². The summed E-state index contributed by atoms with van der Waals surface area (Å²) >= 11 is 0. The van der Waals surface area contributed by atoms with Crippen LogP contribution < -0.4 is 19.5 Å². The number of ether oxygens (including phenoxy) is 3. The highest BCUT2D eigenvalue weighted by atomic mass is 16.7. The van der Waals surface area contributed by atoms with Crippen LogP contribution in [0.1, 0.15) is 18.1 Å². The van der Waals surface area contributed by atoms with Crippen LogP contribution >= 0.6 is 0 Å². The molecule has 2 aromatic carbocycles. The molecule has 160 valence electrons. The Balaban J connectivity index is 1.39. The summed E-state index contributed by atoms with van der Waals surface area (Å²) in [5.74, 6) is 1.13. The molecule has 0 aliphatic carbocycles. The fourth-order valence-corrected chi connectivity index (χ4v) is 3.52. The number of urea groups is 1. The number of fused-ring (bicyclic) bond motifs is 1. The van der Waals surface area contributed by atoms with E-state index < -0.39 is 23.6 Å². The fourth-order valence-electron chi connectivity index (χ4n) is 3.52. The summed E-state index contributed by atoms with van der Waals surface area (Å²) in [5, 5.41) is 21.7. The highest BCUT2D eigenvalue weighted by Gasteiger charge is 2.49. The third-order valence-corrected chi connectivity index (χ3v) is 5.27. The van der Waals surface area contributed by atoms with Crippen LogP contribution in [0.15, 0.2) is 42.5 Å². The molecule has 2 aromatic rings. The lowest BCUT2D eigenvalue weighted by Gasteiger charge is -2.23. The third kappa shape index (κ3) is 3.98. The van der Waals surface area contributed by atoms with Gasteiger partial charge in [0.25, 0.3) is 5.91 Å². The first-order chi connectivity index (χ1) is 14.9. The van der Waals surface area contributed by atoms with Crippen LogP contribution in [0.25, 0.3) is 0 Å². The summed E-state index contributed by atoms with van der Waals surface area (Å²) < 4.78 is 16.2. The molecule has 2 atom stereocenters. The summed E-state index contributed by atoms with van der Waals surface area (Å²) in [6, 6.07) is 13.4. The normalized spacial score (nSPS) is 20.4. The molecular formula is C22H21N3O6. The predicted octanol–water partition coefficient (Wildman–Crippen LogP) is 1.69. The monoisotopic (exact) mass is 423 g/mol. The number of nitrogens with zero attached hydrogens (tertiary/aromatic N) is 2. The third-order valence-electron chi connectivity index (χ3n) is 5.27. The van der Waals surface area contributed by atoms with Crippen LogP contribution in [0.5, 0.6) is 17.2 Å². The van der Waals surface area contributed by atoms with Crippen molar-refractivity contribution in [3.05, 3.63) is 53.6 Å². The van der Waals surface area contributed by atoms with Gasteiger partial charge in [-0.25, -0.2) is 4.79 Å². The molecule has 2 aliphatic heterocycles. The van der Waals surface area contributed by atoms with Gasteiger partial charge in [0.1, 0.15) is 24.0 Å². The van der Waals surface area contributed by atoms with Crippen LogP contribution in [-0.4, -0.2) is 48.0 Å². The second-order valence-electron chi connectivity index (χ2n) is 7.48. The molecule has 3 amide bonds. The van der Waals surface area contributed by atoms with Crippen LogP contribution in [0.2, 0.25) is 0 Å². The quantitative estimate of drug-likeness (QED) is 0.650. The molecule has 0 spiro atoms. The molecular weight excluding hydrogens is 402 g/mol. The van der Waals surface area contributed by atoms with Gasteiger partial charge in [-0.15, -0.1) is 0 Å². The molecule has 2 aliphatic rings. The number of nitriles is 1. The minimum Gasteiger partial charge on any atom is -0.491 e. The first-order valence-electron chi connectivity index (χ1n) is 9.71. The number of carbonyl (C=O) groups excluding carboxylic acids is 2. The summed E-state index contributed by atoms with van der Waals surface area (Å²) in [4.78, 5) is 26.5. The maximum Gasteiger partial charge on any atom is 0.325 e. The first kappa shape index (κ1) is 20.5. The zero-order chi connectivity index (χ0) is 22.0. The first-order valence-corrected chi connectivity index (χ1v) is 9.71. The van der Waals surface area contributed by atoms with E-state index in [9.17, 15) is 14.7 Å². The van der Waals surface area contributed by atoms with E-state index in [2.05, 4.69) is 11.4 Å². The highest BCUT2D eigenvalue weighted by Crippen LogP contribution is 2.37. The van der Waals surface area contributed by atoms with Gasteiger partial charge in [0.05, 0.1) is 19.0 Å². The van der Waals surface area contributed by atoms with Crippen LogP contribution in [0.3, 0.4) is 0 Å². The predicted molar refractivity (Wildman–Crippen MR) is 107 cm³/mol. The standard InChI is InChI=1S/C22H21N3O6/c1-22(15-4-7-18-19(10-15)31-13-30-18)20(27)25(21(28)24-22)11-16(26)12-29-17-5-2-14(3-6-17)8-9-23/h2-7,10,16,26H,8,11-13H2,1H3,(H,24,28)/t16-,22+/m1/s1. The van der Waals surface area contributed by atoms with Crippen molar-refractivity contribution in [3.63, 3.8) is 0 Å². The number of benzene rings is 2. The summed E-state index contributed by atoms with van der Waals surface area (Å²) in [6.07, 6.45) is -0.774. The molecule has 1 saturated heterocycles. The summed E-state index contributed by atoms with van der Waals surface area (Å²) in [5.41, 5.74) is 0.133. The molecule has 4 rings (SSSR count). The van der Waals surface area contributed by atoms with E-state index >= 15 is 0 Å². The van der Waals surface area contributed by atoms with Gasteiger partial charge in [-0.1, -0.05) is 18.2 Å². The Morgan fingerprint density at radius 2 is 1.97 bits per heavy atom. The van der Waals surface area contributed by atoms with Crippen molar-refractivity contribution in [2.75, 3.05) is 19.9 Å². The molecule has 31 heavy (non-hydrogen) atoms. The maximum absolute atomic E-state index is 13.0. The van der Waals surface area contributed by atoms with E-state index in [4.69, 9.17) is 19.5 Å². The SMILES string of the molecule is C[C@@]1(c2ccc3c(c2)OCO3)NC(=O)N(C[C@@H](O)COc2ccc(CC#N)cc2)C1=O. The average Bonchev–Trinajstić information content (AvgIpc) is 3.32. The molecule has 0 aromatic heterocycles. The number of imide groups is 1. The number of amides is 3. The Morgan fingerprint density at radius 3 is 2.71 bits per heavy atom. The van der Waals surface area contributed by atoms with Crippen molar-refractivity contribution in [1.29, 1.82) is 5.26 Å². The summed E-state index contributed by atoms with van der Waals surface area (Å²) in [7, 11) is 0. The van der Waals surface area contributed by atoms with Gasteiger partial charge in [0, 0.05) is 0 Å². The molecule has 1 fully saturated rings. The van der Waals surface area contributed by atoms with Gasteiger partial charge in [-0.05, 0) is 42.3 Å². The van der Waals surface area contributed by atoms with E-state index in [0.29, 0.717) is 29.2 Å². The van der Waals surface area contributed by atoms with Crippen molar-refractivity contribution in [1.82, 2.24) is 10.2 Å². The average molecular weight is 423 g/mol. The smallest absolute Gasteiger partial charge is 0.325 e. The number of aliphatic hydroxyl groups is 1. The number of carbonyl (C=O) groups is 2. The topological polar surface area (TPSA) is 121 Å². The van der Waals surface area contributed by atoms with Gasteiger partial charge >= 0.3 is 6.03 Å². The minimum absolute atomic E-state index is 0.102. The van der Waals surface area contributed by atoms with Crippen molar-refractivity contribution < 1.29 is 28.9 Å². The minimum atomic E-state index is -1.28. The van der Waals surface area contributed by atoms with Crippen LogP contribution in [0.4, 0.5) is 4.79 Å². The summed E-state index contributed by atoms with van der Waals surface area (Å²) in [6.45, 7) is 1.40. The highest BCUT2D eigenvalue weighted by molar-refractivity contribution is 6.07. The van der Waals surface area contributed by atoms with Crippen LogP contribution in [0, 0.1) is 11.3 Å². The number of hydrogen-bond acceptors (Lipinski definition) is 7. The maximum atomic E-state index is 13.0. The zero-order valence-corrected chi connectivity index (χ0v) is 16.8. The lowest BCUT2D eigenvalue weighted by Crippen LogP contribution is -2.42. The van der Waals surface area contributed by atoms with E-state index in [1.807, 2.05) is 0 Å². The molecule has 2 N–H and O–H groups in total. The second-order valence-corrected chi connectivity index (χ2v) is 7.48. The van der Waals surface area contributed by atoms with Gasteiger partial charge < -0.3 is 24.6 Å². The Bertz CT molecular complexity index is 1050. The zero-order valence-electron chi connectivity index (χ0n) is 16.8. The molecule has 2 heterocycles. The molecule has 9 heteroatoms. The van der Waals surface area contributed by atoms with Gasteiger partial charge in [-0.2, -0.15) is 5.26 Å². The molecule has 0 radical (unpaired) electrons. The second kappa shape index (κ2) is 8.16. The van der Waals surface area contributed by atoms with Crippen molar-refractivity contribution in [2.45, 2.75) is 25.0 Å². The number of hydrogen-bond donors (Lipinski definition) is 2. The molecule has 0 unspecified atom stereocenters. The molecule has 0 saturated carbocycles. The van der Waals surface area contributed by atoms with E-state index in [1.54, 1.807) is 49.4 Å². The lowest BCUT2D eigenvalue weighted by molar-refractivity contribution is -0.132. The van der Waals surface area contributed by atoms with Crippen molar-refractivity contribution in [3.8, 4) is 23.3 Å². The van der Waals surface area contributed by atoms with Crippen molar-refractivity contribution >= 4 is 11.9 Å². The number of aliphatic hydroxyl groups excluding tert-OH is 1. The fraction of sp³-hybridized carbons (Fsp3) is 0.318. The van der Waals surface area contributed by atoms with E-state index in [0.717, 1.165) is 10.5 Å². The number of rotatable bonds is 7. The van der Waals surface area contributed by atoms with Crippen LogP contribution in [-0.2, 0) is 16.8 Å². The number of nitrogens with one attached hydrogen (secondary N) is 1. The largest absolute Gasteiger partial charge is 0.491 e. The Kier molecular flexibility index (Phi) is 5.40. The van der Waals surface area contributed by atoms with Gasteiger partial charge in [0.2, 0.25) is 6.79 Å². The Morgan fingerprint density at radius 1 is 1.23 bits per heavy atom. The van der Waals surface area contributed by atoms with E-state index in [1.165, 1.54) is 0 Å². The lowest BCUT2D eigenvalue weighted by atomic mass is 9.91. The van der Waals surface area contributed by atoms with Gasteiger partial charge in [-0.3, -0.25) is 9.69 Å². The van der Waals surface area contributed by atoms with E-state index in [-0.39, 0.29) is 19.9 Å². The van der Waals surface area contributed by atoms with Crippen molar-refractivity contribution in [2.24, 2.45) is 0 Å². The number of β-amino-alcohol motifs (C(OH)–C–C–N with tert-alkyl or cyclic N) is 1. The Hall–Kier alpha value is -3.77. The molecule has 0 bridgehead atoms.